The van der Waals surface area contributed by atoms with Gasteiger partial charge in [0.25, 0.3) is 0 Å². The van der Waals surface area contributed by atoms with Crippen LogP contribution in [0.2, 0.25) is 0 Å². The van der Waals surface area contributed by atoms with Gasteiger partial charge in [0.05, 0.1) is 0 Å². The molecule has 0 aromatic heterocycles. The third-order valence-corrected chi connectivity index (χ3v) is 2.15. The minimum Gasteiger partial charge on any atom is -0.374 e. The average Bonchev–Trinajstić information content (AvgIpc) is 1.99. The summed E-state index contributed by atoms with van der Waals surface area (Å²) in [4.78, 5) is 2.12. The summed E-state index contributed by atoms with van der Waals surface area (Å²) < 4.78 is 0. The monoisotopic (exact) mass is 155 g/mol. The van der Waals surface area contributed by atoms with Crippen LogP contribution in [-0.4, -0.2) is 29.3 Å². The van der Waals surface area contributed by atoms with Crippen LogP contribution >= 0.6 is 0 Å². The second-order valence-corrected chi connectivity index (χ2v) is 3.15. The molecule has 1 N–H and O–H groups in total. The summed E-state index contributed by atoms with van der Waals surface area (Å²) in [5.41, 5.74) is 1.10. The molecule has 1 rings (SSSR count). The predicted molar refractivity (Wildman–Crippen MR) is 46.2 cm³/mol. The number of hydrogen-bond donors (Lipinski definition) is 1. The molecule has 11 heavy (non-hydrogen) atoms. The van der Waals surface area contributed by atoms with E-state index in [0.29, 0.717) is 0 Å². The number of rotatable bonds is 2. The third kappa shape index (κ3) is 2.04. The lowest BCUT2D eigenvalue weighted by atomic mass is 10.1. The molecule has 0 radical (unpaired) electrons. The van der Waals surface area contributed by atoms with Crippen LogP contribution in [0.4, 0.5) is 0 Å². The van der Waals surface area contributed by atoms with Crippen molar-refractivity contribution < 1.29 is 5.11 Å². The van der Waals surface area contributed by atoms with Crippen LogP contribution < -0.4 is 0 Å². The second kappa shape index (κ2) is 3.88. The molecular formula is C9H17NO. The molecule has 2 heteroatoms. The van der Waals surface area contributed by atoms with Gasteiger partial charge in [0.2, 0.25) is 0 Å². The molecule has 2 nitrogen and oxygen atoms in total. The Hall–Kier alpha value is -0.340. The van der Waals surface area contributed by atoms with Crippen LogP contribution in [0, 0.1) is 0 Å². The first-order valence-corrected chi connectivity index (χ1v) is 4.34. The van der Waals surface area contributed by atoms with Crippen LogP contribution in [0.5, 0.6) is 0 Å². The number of nitrogens with zero attached hydrogens (tertiary/aromatic N) is 1. The van der Waals surface area contributed by atoms with E-state index in [1.165, 1.54) is 0 Å². The number of aliphatic hydroxyl groups is 1. The predicted octanol–water partition coefficient (Wildman–Crippen LogP) is 1.37. The van der Waals surface area contributed by atoms with E-state index in [1.807, 2.05) is 6.92 Å². The van der Waals surface area contributed by atoms with Gasteiger partial charge in [0.1, 0.15) is 6.23 Å². The summed E-state index contributed by atoms with van der Waals surface area (Å²) in [6, 6.07) is 0. The molecular weight excluding hydrogens is 138 g/mol. The van der Waals surface area contributed by atoms with Gasteiger partial charge >= 0.3 is 0 Å². The van der Waals surface area contributed by atoms with Crippen LogP contribution in [0.15, 0.2) is 11.6 Å². The molecule has 1 unspecified atom stereocenters. The van der Waals surface area contributed by atoms with Gasteiger partial charge in [-0.15, -0.1) is 0 Å². The molecule has 0 saturated carbocycles. The topological polar surface area (TPSA) is 23.5 Å². The van der Waals surface area contributed by atoms with Crippen molar-refractivity contribution in [2.45, 2.75) is 32.9 Å². The van der Waals surface area contributed by atoms with Gasteiger partial charge in [-0.05, 0) is 25.3 Å². The molecule has 0 aromatic rings. The molecule has 1 aliphatic heterocycles. The van der Waals surface area contributed by atoms with E-state index < -0.39 is 0 Å². The fraction of sp³-hybridized carbons (Fsp3) is 0.778. The number of aliphatic hydroxyl groups excluding tert-OH is 1. The normalized spacial score (nSPS) is 26.8. The zero-order chi connectivity index (χ0) is 8.27. The number of hydrogen-bond acceptors (Lipinski definition) is 2. The quantitative estimate of drug-likeness (QED) is 0.609. The highest BCUT2D eigenvalue weighted by Crippen LogP contribution is 2.14. The van der Waals surface area contributed by atoms with E-state index in [4.69, 9.17) is 0 Å². The molecule has 0 bridgehead atoms. The lowest BCUT2D eigenvalue weighted by molar-refractivity contribution is 0.0268. The van der Waals surface area contributed by atoms with Crippen LogP contribution in [0.25, 0.3) is 0 Å². The van der Waals surface area contributed by atoms with Gasteiger partial charge in [0.15, 0.2) is 0 Å². The Labute approximate surface area is 68.5 Å². The molecule has 64 valence electrons. The highest BCUT2D eigenvalue weighted by Gasteiger charge is 2.18. The van der Waals surface area contributed by atoms with E-state index in [0.717, 1.165) is 31.5 Å². The molecule has 0 spiro atoms. The van der Waals surface area contributed by atoms with Crippen LogP contribution in [-0.2, 0) is 0 Å². The van der Waals surface area contributed by atoms with Gasteiger partial charge < -0.3 is 5.11 Å². The van der Waals surface area contributed by atoms with Crippen molar-refractivity contribution in [3.63, 3.8) is 0 Å². The molecule has 0 fully saturated rings. The summed E-state index contributed by atoms with van der Waals surface area (Å²) in [6.45, 7) is 6.14. The Bertz CT molecular complexity index is 154. The fourth-order valence-corrected chi connectivity index (χ4v) is 1.50. The lowest BCUT2D eigenvalue weighted by Gasteiger charge is -2.31. The first-order chi connectivity index (χ1) is 5.25. The Kier molecular flexibility index (Phi) is 3.09. The maximum atomic E-state index is 9.63. The SMILES string of the molecule is CCCN1CCC=C(C)C1O. The summed E-state index contributed by atoms with van der Waals surface area (Å²) in [5, 5.41) is 9.63. The van der Waals surface area contributed by atoms with Gasteiger partial charge in [-0.2, -0.15) is 0 Å². The Morgan fingerprint density at radius 3 is 3.09 bits per heavy atom. The van der Waals surface area contributed by atoms with Crippen molar-refractivity contribution in [1.82, 2.24) is 4.90 Å². The molecule has 0 aromatic carbocycles. The molecule has 0 saturated heterocycles. The Balaban J connectivity index is 2.50. The smallest absolute Gasteiger partial charge is 0.129 e. The van der Waals surface area contributed by atoms with Crippen molar-refractivity contribution in [3.05, 3.63) is 11.6 Å². The summed E-state index contributed by atoms with van der Waals surface area (Å²) >= 11 is 0. The van der Waals surface area contributed by atoms with Crippen molar-refractivity contribution in [1.29, 1.82) is 0 Å². The largest absolute Gasteiger partial charge is 0.374 e. The Morgan fingerprint density at radius 1 is 1.73 bits per heavy atom. The molecule has 1 aliphatic rings. The minimum atomic E-state index is -0.316. The molecule has 0 amide bonds. The second-order valence-electron chi connectivity index (χ2n) is 3.15. The van der Waals surface area contributed by atoms with Crippen molar-refractivity contribution >= 4 is 0 Å². The van der Waals surface area contributed by atoms with Crippen molar-refractivity contribution in [3.8, 4) is 0 Å². The standard InChI is InChI=1S/C9H17NO/c1-3-6-10-7-4-5-8(2)9(10)11/h5,9,11H,3-4,6-7H2,1-2H3. The average molecular weight is 155 g/mol. The highest BCUT2D eigenvalue weighted by molar-refractivity contribution is 5.07. The summed E-state index contributed by atoms with van der Waals surface area (Å²) in [5.74, 6) is 0. The summed E-state index contributed by atoms with van der Waals surface area (Å²) in [7, 11) is 0. The van der Waals surface area contributed by atoms with E-state index >= 15 is 0 Å². The van der Waals surface area contributed by atoms with Gasteiger partial charge in [-0.1, -0.05) is 13.0 Å². The zero-order valence-electron chi connectivity index (χ0n) is 7.38. The lowest BCUT2D eigenvalue weighted by Crippen LogP contribution is -2.39. The maximum Gasteiger partial charge on any atom is 0.129 e. The van der Waals surface area contributed by atoms with E-state index in [9.17, 15) is 5.11 Å². The Morgan fingerprint density at radius 2 is 2.45 bits per heavy atom. The van der Waals surface area contributed by atoms with E-state index in [-0.39, 0.29) is 6.23 Å². The van der Waals surface area contributed by atoms with Crippen LogP contribution in [0.1, 0.15) is 26.7 Å². The highest BCUT2D eigenvalue weighted by atomic mass is 16.3. The van der Waals surface area contributed by atoms with Gasteiger partial charge in [-0.25, -0.2) is 0 Å². The molecule has 1 atom stereocenters. The fourth-order valence-electron chi connectivity index (χ4n) is 1.50. The summed E-state index contributed by atoms with van der Waals surface area (Å²) in [6.07, 6.45) is 4.01. The first kappa shape index (κ1) is 8.75. The van der Waals surface area contributed by atoms with E-state index in [2.05, 4.69) is 17.9 Å². The molecule has 0 aliphatic carbocycles. The third-order valence-electron chi connectivity index (χ3n) is 2.15. The van der Waals surface area contributed by atoms with Gasteiger partial charge in [-0.3, -0.25) is 4.90 Å². The van der Waals surface area contributed by atoms with Crippen molar-refractivity contribution in [2.75, 3.05) is 13.1 Å². The van der Waals surface area contributed by atoms with Crippen LogP contribution in [0.3, 0.4) is 0 Å². The van der Waals surface area contributed by atoms with Gasteiger partial charge in [0, 0.05) is 13.1 Å². The van der Waals surface area contributed by atoms with E-state index in [1.54, 1.807) is 0 Å². The zero-order valence-corrected chi connectivity index (χ0v) is 7.38. The first-order valence-electron chi connectivity index (χ1n) is 4.34. The maximum absolute atomic E-state index is 9.63. The van der Waals surface area contributed by atoms with Crippen molar-refractivity contribution in [2.24, 2.45) is 0 Å². The minimum absolute atomic E-state index is 0.316. The molecule has 1 heterocycles.